The molecule has 0 N–H and O–H groups in total. The van der Waals surface area contributed by atoms with Crippen LogP contribution in [0.25, 0.3) is 0 Å². The second-order valence-corrected chi connectivity index (χ2v) is 6.73. The third-order valence-electron chi connectivity index (χ3n) is 4.28. The van der Waals surface area contributed by atoms with E-state index in [0.29, 0.717) is 12.0 Å². The third kappa shape index (κ3) is 7.02. The largest absolute Gasteiger partial charge is 0.605 e. The Hall–Kier alpha value is -2.41. The van der Waals surface area contributed by atoms with Gasteiger partial charge in [0.15, 0.2) is 5.78 Å². The summed E-state index contributed by atoms with van der Waals surface area (Å²) in [6.07, 6.45) is 6.40. The van der Waals surface area contributed by atoms with Crippen LogP contribution in [-0.2, 0) is 18.9 Å². The Morgan fingerprint density at radius 1 is 1.19 bits per heavy atom. The van der Waals surface area contributed by atoms with Crippen molar-refractivity contribution in [2.45, 2.75) is 38.4 Å². The average Bonchev–Trinajstić information content (AvgIpc) is 2.63. The van der Waals surface area contributed by atoms with Gasteiger partial charge in [0.1, 0.15) is 0 Å². The van der Waals surface area contributed by atoms with E-state index in [1.165, 1.54) is 0 Å². The molecule has 1 unspecified atom stereocenters. The van der Waals surface area contributed by atoms with E-state index in [2.05, 4.69) is 6.92 Å². The lowest BCUT2D eigenvalue weighted by atomic mass is 9.68. The number of likely N-dealkylation sites (N-methyl/N-ethyl adjacent to an activating group) is 1. The van der Waals surface area contributed by atoms with Gasteiger partial charge in [0.2, 0.25) is 0 Å². The van der Waals surface area contributed by atoms with E-state index < -0.39 is 19.1 Å². The van der Waals surface area contributed by atoms with Crippen LogP contribution < -0.4 is 0 Å². The maximum atomic E-state index is 12.4. The van der Waals surface area contributed by atoms with Crippen LogP contribution in [0.2, 0.25) is 5.82 Å². The Bertz CT molecular complexity index is 656. The van der Waals surface area contributed by atoms with Crippen molar-refractivity contribution >= 4 is 24.8 Å². The molecule has 0 saturated carbocycles. The minimum absolute atomic E-state index is 0.00715. The Labute approximate surface area is 160 Å². The summed E-state index contributed by atoms with van der Waals surface area (Å²) in [6.45, 7) is 2.11. The van der Waals surface area contributed by atoms with Gasteiger partial charge in [-0.3, -0.25) is 19.3 Å². The van der Waals surface area contributed by atoms with Gasteiger partial charge in [-0.05, 0) is 19.9 Å². The molecule has 144 valence electrons. The summed E-state index contributed by atoms with van der Waals surface area (Å²) in [4.78, 5) is 38.0. The summed E-state index contributed by atoms with van der Waals surface area (Å²) < 4.78 is 10.8. The Morgan fingerprint density at radius 2 is 1.81 bits per heavy atom. The molecule has 2 rings (SSSR count). The van der Waals surface area contributed by atoms with Crippen molar-refractivity contribution in [3.63, 3.8) is 0 Å². The molecule has 1 aromatic carbocycles. The fourth-order valence-electron chi connectivity index (χ4n) is 2.86. The first kappa shape index (κ1) is 20.9. The van der Waals surface area contributed by atoms with Crippen molar-refractivity contribution in [1.82, 2.24) is 4.90 Å². The average molecular weight is 371 g/mol. The molecule has 0 aromatic heterocycles. The molecule has 0 bridgehead atoms. The van der Waals surface area contributed by atoms with Crippen LogP contribution >= 0.6 is 0 Å². The van der Waals surface area contributed by atoms with Crippen molar-refractivity contribution in [1.29, 1.82) is 0 Å². The van der Waals surface area contributed by atoms with Crippen LogP contribution in [0.1, 0.15) is 43.0 Å². The molecular formula is C20H26BNO5. The minimum Gasteiger partial charge on any atom is -0.498 e. The van der Waals surface area contributed by atoms with Crippen LogP contribution in [0.3, 0.4) is 0 Å². The Balaban J connectivity index is 2.08. The van der Waals surface area contributed by atoms with Gasteiger partial charge in [-0.1, -0.05) is 55.8 Å². The standard InChI is InChI=1S/C20H26BNO5/c1-3-4-6-11-17(12-13-18(23)16-9-7-5-8-10-16)21-26-19(24)14-22(2)15-20(25)27-21/h5-11,17H,3-4,12-15H2,1-2H3/b11-6+. The monoisotopic (exact) mass is 371 g/mol. The Kier molecular flexibility index (Phi) is 8.26. The number of hydrogen-bond donors (Lipinski definition) is 0. The number of Topliss-reactive ketones (excluding diaryl/α,β-unsaturated/α-hetero) is 1. The molecule has 0 radical (unpaired) electrons. The fourth-order valence-corrected chi connectivity index (χ4v) is 2.86. The molecule has 6 nitrogen and oxygen atoms in total. The zero-order chi connectivity index (χ0) is 19.6. The van der Waals surface area contributed by atoms with E-state index in [4.69, 9.17) is 9.31 Å². The highest BCUT2D eigenvalue weighted by atomic mass is 16.6. The second-order valence-electron chi connectivity index (χ2n) is 6.73. The van der Waals surface area contributed by atoms with Gasteiger partial charge in [0.05, 0.1) is 13.1 Å². The summed E-state index contributed by atoms with van der Waals surface area (Å²) in [7, 11) is 0.649. The quantitative estimate of drug-likeness (QED) is 0.398. The summed E-state index contributed by atoms with van der Waals surface area (Å²) in [5.74, 6) is -1.25. The van der Waals surface area contributed by atoms with E-state index in [0.717, 1.165) is 12.8 Å². The van der Waals surface area contributed by atoms with Gasteiger partial charge in [-0.25, -0.2) is 0 Å². The molecule has 1 aliphatic heterocycles. The predicted molar refractivity (Wildman–Crippen MR) is 103 cm³/mol. The number of nitrogens with zero attached hydrogens (tertiary/aromatic N) is 1. The van der Waals surface area contributed by atoms with E-state index in [1.807, 2.05) is 30.4 Å². The number of unbranched alkanes of at least 4 members (excludes halogenated alkanes) is 1. The maximum absolute atomic E-state index is 12.4. The lowest BCUT2D eigenvalue weighted by molar-refractivity contribution is -0.145. The summed E-state index contributed by atoms with van der Waals surface area (Å²) in [5, 5.41) is 0. The van der Waals surface area contributed by atoms with Crippen molar-refractivity contribution in [3.05, 3.63) is 48.0 Å². The number of ketones is 1. The minimum atomic E-state index is -1.00. The molecule has 1 aliphatic rings. The molecule has 0 amide bonds. The highest BCUT2D eigenvalue weighted by Gasteiger charge is 2.38. The van der Waals surface area contributed by atoms with Crippen LogP contribution in [-0.4, -0.2) is 49.9 Å². The van der Waals surface area contributed by atoms with Crippen molar-refractivity contribution in [2.75, 3.05) is 20.1 Å². The normalized spacial score (nSPS) is 17.2. The first-order valence-corrected chi connectivity index (χ1v) is 9.32. The van der Waals surface area contributed by atoms with Crippen molar-refractivity contribution in [2.24, 2.45) is 0 Å². The number of carbonyl (C=O) groups is 3. The van der Waals surface area contributed by atoms with Gasteiger partial charge >= 0.3 is 19.1 Å². The molecule has 1 heterocycles. The van der Waals surface area contributed by atoms with Crippen molar-refractivity contribution in [3.8, 4) is 0 Å². The molecule has 7 heteroatoms. The second kappa shape index (κ2) is 10.7. The lowest BCUT2D eigenvalue weighted by Crippen LogP contribution is -2.44. The molecule has 0 aliphatic carbocycles. The van der Waals surface area contributed by atoms with Gasteiger partial charge in [-0.15, -0.1) is 0 Å². The molecule has 1 atom stereocenters. The maximum Gasteiger partial charge on any atom is 0.605 e. The van der Waals surface area contributed by atoms with Crippen LogP contribution in [0.5, 0.6) is 0 Å². The van der Waals surface area contributed by atoms with Crippen LogP contribution in [0.15, 0.2) is 42.5 Å². The van der Waals surface area contributed by atoms with E-state index in [9.17, 15) is 14.4 Å². The van der Waals surface area contributed by atoms with Crippen LogP contribution in [0, 0.1) is 0 Å². The topological polar surface area (TPSA) is 72.9 Å². The smallest absolute Gasteiger partial charge is 0.498 e. The van der Waals surface area contributed by atoms with E-state index >= 15 is 0 Å². The molecule has 27 heavy (non-hydrogen) atoms. The molecule has 1 fully saturated rings. The van der Waals surface area contributed by atoms with E-state index in [-0.39, 0.29) is 31.1 Å². The fraction of sp³-hybridized carbons (Fsp3) is 0.450. The first-order chi connectivity index (χ1) is 13.0. The molecule has 0 spiro atoms. The zero-order valence-corrected chi connectivity index (χ0v) is 15.9. The molecule has 1 aromatic rings. The number of rotatable bonds is 8. The van der Waals surface area contributed by atoms with Gasteiger partial charge < -0.3 is 9.31 Å². The number of hydrogen-bond acceptors (Lipinski definition) is 6. The van der Waals surface area contributed by atoms with Crippen molar-refractivity contribution < 1.29 is 23.7 Å². The SMILES string of the molecule is CCC/C=C/C(CCC(=O)c1ccccc1)B1OC(=O)CN(C)CC(=O)O1. The highest BCUT2D eigenvalue weighted by molar-refractivity contribution is 6.51. The number of allylic oxidation sites excluding steroid dienone is 2. The highest BCUT2D eigenvalue weighted by Crippen LogP contribution is 2.24. The number of carbonyl (C=O) groups excluding carboxylic acids is 3. The van der Waals surface area contributed by atoms with Crippen LogP contribution in [0.4, 0.5) is 0 Å². The van der Waals surface area contributed by atoms with Gasteiger partial charge in [0, 0.05) is 17.8 Å². The lowest BCUT2D eigenvalue weighted by Gasteiger charge is -2.25. The van der Waals surface area contributed by atoms with Gasteiger partial charge in [-0.2, -0.15) is 0 Å². The Morgan fingerprint density at radius 3 is 2.41 bits per heavy atom. The third-order valence-corrected chi connectivity index (χ3v) is 4.28. The number of benzene rings is 1. The summed E-state index contributed by atoms with van der Waals surface area (Å²) in [5.41, 5.74) is 0.641. The van der Waals surface area contributed by atoms with Gasteiger partial charge in [0.25, 0.3) is 0 Å². The zero-order valence-electron chi connectivity index (χ0n) is 15.9. The molecule has 1 saturated heterocycles. The summed E-state index contributed by atoms with van der Waals surface area (Å²) in [6, 6.07) is 9.05. The first-order valence-electron chi connectivity index (χ1n) is 9.32. The molecular weight excluding hydrogens is 345 g/mol. The van der Waals surface area contributed by atoms with E-state index in [1.54, 1.807) is 24.1 Å². The predicted octanol–water partition coefficient (Wildman–Crippen LogP) is 2.90. The summed E-state index contributed by atoms with van der Waals surface area (Å²) >= 11 is 0.